The van der Waals surface area contributed by atoms with Crippen LogP contribution in [0.2, 0.25) is 0 Å². The number of rotatable bonds is 1. The first-order valence-electron chi connectivity index (χ1n) is 4.53. The molecule has 2 aromatic heterocycles. The standard InChI is InChI=1S/C10H11N3O/c1-6(2)7-3-4-8-9(13-7)10(14)12-5-11-8/h3-6H,1-2H3,(H,11,12,14). The minimum Gasteiger partial charge on any atom is -0.311 e. The van der Waals surface area contributed by atoms with Crippen LogP contribution in [0.15, 0.2) is 23.3 Å². The van der Waals surface area contributed by atoms with Gasteiger partial charge < -0.3 is 4.98 Å². The first-order valence-corrected chi connectivity index (χ1v) is 4.53. The van der Waals surface area contributed by atoms with Gasteiger partial charge in [-0.15, -0.1) is 0 Å². The Morgan fingerprint density at radius 3 is 2.86 bits per heavy atom. The molecule has 0 saturated heterocycles. The molecule has 4 nitrogen and oxygen atoms in total. The van der Waals surface area contributed by atoms with Crippen LogP contribution < -0.4 is 5.56 Å². The molecule has 0 aliphatic rings. The maximum atomic E-state index is 11.4. The van der Waals surface area contributed by atoms with Gasteiger partial charge >= 0.3 is 0 Å². The Kier molecular flexibility index (Phi) is 2.04. The zero-order chi connectivity index (χ0) is 10.1. The van der Waals surface area contributed by atoms with Crippen LogP contribution in [-0.4, -0.2) is 15.0 Å². The van der Waals surface area contributed by atoms with Crippen molar-refractivity contribution in [1.82, 2.24) is 15.0 Å². The number of hydrogen-bond donors (Lipinski definition) is 1. The largest absolute Gasteiger partial charge is 0.311 e. The zero-order valence-electron chi connectivity index (χ0n) is 8.11. The predicted octanol–water partition coefficient (Wildman–Crippen LogP) is 1.44. The number of nitrogens with one attached hydrogen (secondary N) is 1. The van der Waals surface area contributed by atoms with E-state index in [2.05, 4.69) is 15.0 Å². The van der Waals surface area contributed by atoms with Gasteiger partial charge in [-0.1, -0.05) is 13.8 Å². The number of aromatic amines is 1. The summed E-state index contributed by atoms with van der Waals surface area (Å²) in [6.07, 6.45) is 1.39. The minimum atomic E-state index is -0.183. The highest BCUT2D eigenvalue weighted by Crippen LogP contribution is 2.13. The summed E-state index contributed by atoms with van der Waals surface area (Å²) >= 11 is 0. The van der Waals surface area contributed by atoms with E-state index in [4.69, 9.17) is 0 Å². The third-order valence-corrected chi connectivity index (χ3v) is 2.10. The summed E-state index contributed by atoms with van der Waals surface area (Å²) in [5.41, 5.74) is 1.78. The number of pyridine rings is 1. The second kappa shape index (κ2) is 3.21. The SMILES string of the molecule is CC(C)c1ccc2nc[nH]c(=O)c2n1. The van der Waals surface area contributed by atoms with Gasteiger partial charge in [0.05, 0.1) is 11.8 Å². The fraction of sp³-hybridized carbons (Fsp3) is 0.300. The molecule has 0 saturated carbocycles. The fourth-order valence-corrected chi connectivity index (χ4v) is 1.29. The van der Waals surface area contributed by atoms with Crippen molar-refractivity contribution < 1.29 is 0 Å². The Labute approximate surface area is 81.0 Å². The quantitative estimate of drug-likeness (QED) is 0.738. The summed E-state index contributed by atoms with van der Waals surface area (Å²) < 4.78 is 0. The van der Waals surface area contributed by atoms with Crippen LogP contribution in [0.25, 0.3) is 11.0 Å². The molecule has 2 rings (SSSR count). The molecule has 0 unspecified atom stereocenters. The predicted molar refractivity (Wildman–Crippen MR) is 54.2 cm³/mol. The maximum absolute atomic E-state index is 11.4. The maximum Gasteiger partial charge on any atom is 0.277 e. The Morgan fingerprint density at radius 2 is 2.14 bits per heavy atom. The number of nitrogens with zero attached hydrogens (tertiary/aromatic N) is 2. The molecule has 0 aliphatic heterocycles. The fourth-order valence-electron chi connectivity index (χ4n) is 1.29. The minimum absolute atomic E-state index is 0.183. The average Bonchev–Trinajstić information content (AvgIpc) is 2.18. The van der Waals surface area contributed by atoms with E-state index >= 15 is 0 Å². The van der Waals surface area contributed by atoms with Crippen molar-refractivity contribution in [1.29, 1.82) is 0 Å². The van der Waals surface area contributed by atoms with Gasteiger partial charge in [0.25, 0.3) is 5.56 Å². The molecule has 14 heavy (non-hydrogen) atoms. The highest BCUT2D eigenvalue weighted by Gasteiger charge is 2.05. The molecule has 4 heteroatoms. The van der Waals surface area contributed by atoms with E-state index in [1.54, 1.807) is 0 Å². The lowest BCUT2D eigenvalue weighted by atomic mass is 10.1. The molecular weight excluding hydrogens is 178 g/mol. The summed E-state index contributed by atoms with van der Waals surface area (Å²) in [7, 11) is 0. The van der Waals surface area contributed by atoms with E-state index in [1.165, 1.54) is 6.33 Å². The monoisotopic (exact) mass is 189 g/mol. The van der Waals surface area contributed by atoms with Crippen LogP contribution in [-0.2, 0) is 0 Å². The summed E-state index contributed by atoms with van der Waals surface area (Å²) in [6, 6.07) is 3.73. The highest BCUT2D eigenvalue weighted by atomic mass is 16.1. The van der Waals surface area contributed by atoms with E-state index in [9.17, 15) is 4.79 Å². The lowest BCUT2D eigenvalue weighted by Gasteiger charge is -2.03. The van der Waals surface area contributed by atoms with Crippen molar-refractivity contribution in [2.45, 2.75) is 19.8 Å². The molecule has 0 fully saturated rings. The second-order valence-corrected chi connectivity index (χ2v) is 3.49. The topological polar surface area (TPSA) is 58.6 Å². The molecule has 0 spiro atoms. The molecule has 0 bridgehead atoms. The summed E-state index contributed by atoms with van der Waals surface area (Å²) in [5.74, 6) is 0.319. The molecule has 1 N–H and O–H groups in total. The summed E-state index contributed by atoms with van der Waals surface area (Å²) in [5, 5.41) is 0. The number of H-pyrrole nitrogens is 1. The van der Waals surface area contributed by atoms with Crippen molar-refractivity contribution >= 4 is 11.0 Å². The summed E-state index contributed by atoms with van der Waals surface area (Å²) in [4.78, 5) is 22.2. The third-order valence-electron chi connectivity index (χ3n) is 2.10. The van der Waals surface area contributed by atoms with E-state index in [0.29, 0.717) is 17.0 Å². The van der Waals surface area contributed by atoms with Crippen LogP contribution in [0, 0.1) is 0 Å². The Bertz CT molecular complexity index is 516. The van der Waals surface area contributed by atoms with E-state index < -0.39 is 0 Å². The van der Waals surface area contributed by atoms with Crippen molar-refractivity contribution in [3.8, 4) is 0 Å². The normalized spacial score (nSPS) is 11.1. The van der Waals surface area contributed by atoms with Crippen LogP contribution in [0.3, 0.4) is 0 Å². The van der Waals surface area contributed by atoms with Gasteiger partial charge in [-0.3, -0.25) is 4.79 Å². The van der Waals surface area contributed by atoms with E-state index in [-0.39, 0.29) is 5.56 Å². The molecule has 0 atom stereocenters. The van der Waals surface area contributed by atoms with Gasteiger partial charge in [-0.2, -0.15) is 0 Å². The average molecular weight is 189 g/mol. The smallest absolute Gasteiger partial charge is 0.277 e. The van der Waals surface area contributed by atoms with Crippen LogP contribution in [0.1, 0.15) is 25.5 Å². The molecule has 0 amide bonds. The van der Waals surface area contributed by atoms with Gasteiger partial charge in [0.1, 0.15) is 0 Å². The van der Waals surface area contributed by atoms with E-state index in [1.807, 2.05) is 26.0 Å². The van der Waals surface area contributed by atoms with Gasteiger partial charge in [-0.25, -0.2) is 9.97 Å². The molecule has 2 aromatic rings. The van der Waals surface area contributed by atoms with Crippen molar-refractivity contribution in [3.63, 3.8) is 0 Å². The lowest BCUT2D eigenvalue weighted by molar-refractivity contribution is 0.828. The Morgan fingerprint density at radius 1 is 1.36 bits per heavy atom. The van der Waals surface area contributed by atoms with Crippen molar-refractivity contribution in [3.05, 3.63) is 34.5 Å². The first kappa shape index (κ1) is 8.87. The molecule has 0 aromatic carbocycles. The second-order valence-electron chi connectivity index (χ2n) is 3.49. The van der Waals surface area contributed by atoms with Gasteiger partial charge in [0, 0.05) is 5.69 Å². The van der Waals surface area contributed by atoms with Gasteiger partial charge in [0.15, 0.2) is 5.52 Å². The zero-order valence-corrected chi connectivity index (χ0v) is 8.11. The van der Waals surface area contributed by atoms with Crippen LogP contribution >= 0.6 is 0 Å². The van der Waals surface area contributed by atoms with Crippen LogP contribution in [0.5, 0.6) is 0 Å². The first-order chi connectivity index (χ1) is 6.68. The van der Waals surface area contributed by atoms with E-state index in [0.717, 1.165) is 5.69 Å². The molecule has 0 radical (unpaired) electrons. The summed E-state index contributed by atoms with van der Waals surface area (Å²) in [6.45, 7) is 4.08. The van der Waals surface area contributed by atoms with Crippen LogP contribution in [0.4, 0.5) is 0 Å². The third kappa shape index (κ3) is 1.39. The van der Waals surface area contributed by atoms with Gasteiger partial charge in [0.2, 0.25) is 0 Å². The van der Waals surface area contributed by atoms with Gasteiger partial charge in [-0.05, 0) is 18.1 Å². The molecular formula is C10H11N3O. The molecule has 2 heterocycles. The lowest BCUT2D eigenvalue weighted by Crippen LogP contribution is -2.09. The van der Waals surface area contributed by atoms with Crippen molar-refractivity contribution in [2.75, 3.05) is 0 Å². The number of hydrogen-bond acceptors (Lipinski definition) is 3. The Hall–Kier alpha value is -1.71. The molecule has 0 aliphatic carbocycles. The highest BCUT2D eigenvalue weighted by molar-refractivity contribution is 5.72. The number of fused-ring (bicyclic) bond motifs is 1. The molecule has 72 valence electrons. The van der Waals surface area contributed by atoms with Crippen molar-refractivity contribution in [2.24, 2.45) is 0 Å². The Balaban J connectivity index is 2.76. The number of aromatic nitrogens is 3.